The van der Waals surface area contributed by atoms with Gasteiger partial charge in [0.1, 0.15) is 5.82 Å². The van der Waals surface area contributed by atoms with Crippen LogP contribution in [0, 0.1) is 0 Å². The fraction of sp³-hybridized carbons (Fsp3) is 0. The van der Waals surface area contributed by atoms with Gasteiger partial charge in [-0.05, 0) is 65.7 Å². The summed E-state index contributed by atoms with van der Waals surface area (Å²) in [4.78, 5) is 20.6. The maximum absolute atomic E-state index is 5.44. The van der Waals surface area contributed by atoms with Crippen molar-refractivity contribution in [2.75, 3.05) is 0 Å². The van der Waals surface area contributed by atoms with Crippen molar-refractivity contribution < 1.29 is 0 Å². The second kappa shape index (κ2) is 13.7. The molecule has 8 aromatic carbocycles. The molecular formula is C54H34N6. The molecule has 4 aromatic heterocycles. The van der Waals surface area contributed by atoms with Gasteiger partial charge in [0.15, 0.2) is 17.5 Å². The number of hydrogen-bond donors (Lipinski definition) is 0. The van der Waals surface area contributed by atoms with Crippen molar-refractivity contribution in [2.45, 2.75) is 0 Å². The summed E-state index contributed by atoms with van der Waals surface area (Å²) in [6, 6.07) is 72.1. The third kappa shape index (κ3) is 5.50. The van der Waals surface area contributed by atoms with Gasteiger partial charge in [-0.2, -0.15) is 0 Å². The number of rotatable bonds is 6. The zero-order valence-corrected chi connectivity index (χ0v) is 32.3. The number of nitrogens with zero attached hydrogens (tertiary/aromatic N) is 6. The first-order valence-electron chi connectivity index (χ1n) is 20.1. The minimum Gasteiger partial charge on any atom is -0.309 e. The van der Waals surface area contributed by atoms with Gasteiger partial charge in [0.05, 0.1) is 27.6 Å². The lowest BCUT2D eigenvalue weighted by molar-refractivity contribution is 1.07. The predicted molar refractivity (Wildman–Crippen MR) is 246 cm³/mol. The number of aromatic nitrogens is 6. The van der Waals surface area contributed by atoms with Crippen molar-refractivity contribution in [1.82, 2.24) is 29.1 Å². The van der Waals surface area contributed by atoms with Crippen molar-refractivity contribution >= 4 is 54.5 Å². The highest BCUT2D eigenvalue weighted by molar-refractivity contribution is 6.11. The largest absolute Gasteiger partial charge is 0.309 e. The molecular weight excluding hydrogens is 733 g/mol. The summed E-state index contributed by atoms with van der Waals surface area (Å²) in [5.74, 6) is 2.71. The minimum absolute atomic E-state index is 0.608. The van der Waals surface area contributed by atoms with E-state index in [0.29, 0.717) is 17.5 Å². The van der Waals surface area contributed by atoms with Crippen LogP contribution in [0.2, 0.25) is 0 Å². The molecule has 0 aliphatic heterocycles. The van der Waals surface area contributed by atoms with E-state index in [1.807, 2.05) is 60.7 Å². The number of fused-ring (bicyclic) bond motifs is 7. The van der Waals surface area contributed by atoms with E-state index in [0.717, 1.165) is 72.3 Å². The summed E-state index contributed by atoms with van der Waals surface area (Å²) in [5.41, 5.74) is 11.4. The molecule has 0 unspecified atom stereocenters. The molecule has 280 valence electrons. The van der Waals surface area contributed by atoms with Gasteiger partial charge in [-0.15, -0.1) is 0 Å². The fourth-order valence-corrected chi connectivity index (χ4v) is 8.83. The molecule has 0 saturated carbocycles. The summed E-state index contributed by atoms with van der Waals surface area (Å²) in [6.07, 6.45) is 0. The average molecular weight is 767 g/mol. The Morgan fingerprint density at radius 3 is 1.25 bits per heavy atom. The third-order valence-corrected chi connectivity index (χ3v) is 11.6. The van der Waals surface area contributed by atoms with E-state index < -0.39 is 0 Å². The summed E-state index contributed by atoms with van der Waals surface area (Å²) in [5, 5.41) is 5.88. The molecule has 6 nitrogen and oxygen atoms in total. The first-order chi connectivity index (χ1) is 29.7. The lowest BCUT2D eigenvalue weighted by Gasteiger charge is -2.16. The van der Waals surface area contributed by atoms with E-state index >= 15 is 0 Å². The van der Waals surface area contributed by atoms with Crippen molar-refractivity contribution in [1.29, 1.82) is 0 Å². The van der Waals surface area contributed by atoms with Crippen molar-refractivity contribution in [3.8, 4) is 56.8 Å². The zero-order chi connectivity index (χ0) is 39.6. The summed E-state index contributed by atoms with van der Waals surface area (Å²) < 4.78 is 4.66. The Hall–Kier alpha value is -8.22. The second-order valence-electron chi connectivity index (χ2n) is 15.1. The molecule has 0 atom stereocenters. The third-order valence-electron chi connectivity index (χ3n) is 11.6. The first kappa shape index (κ1) is 33.9. The standard InChI is InChI=1S/C54H34N6/c1-3-16-35(17-4-1)52-56-53(36-18-5-2-6-19-36)58-54(57-52)38-21-15-20-37(32-38)44-34-51(60-49-28-13-9-24-42(49)43-25-10-14-29-50(43)60)55-46-31-30-39(33-45(44)46)59-47-26-11-7-22-40(47)41-23-8-12-27-48(41)59/h1-34H. The van der Waals surface area contributed by atoms with Crippen LogP contribution in [-0.2, 0) is 0 Å². The zero-order valence-electron chi connectivity index (χ0n) is 32.3. The highest BCUT2D eigenvalue weighted by Crippen LogP contribution is 2.39. The van der Waals surface area contributed by atoms with Crippen LogP contribution in [0.25, 0.3) is 111 Å². The Labute approximate surface area is 345 Å². The van der Waals surface area contributed by atoms with E-state index in [1.54, 1.807) is 0 Å². The molecule has 0 bridgehead atoms. The monoisotopic (exact) mass is 766 g/mol. The summed E-state index contributed by atoms with van der Waals surface area (Å²) in [7, 11) is 0. The Morgan fingerprint density at radius 2 is 0.717 bits per heavy atom. The van der Waals surface area contributed by atoms with Crippen LogP contribution >= 0.6 is 0 Å². The molecule has 0 N–H and O–H groups in total. The van der Waals surface area contributed by atoms with Crippen molar-refractivity contribution in [3.05, 3.63) is 206 Å². The molecule has 6 heteroatoms. The van der Waals surface area contributed by atoms with Crippen LogP contribution < -0.4 is 0 Å². The van der Waals surface area contributed by atoms with Crippen LogP contribution in [0.4, 0.5) is 0 Å². The van der Waals surface area contributed by atoms with Crippen LogP contribution in [0.3, 0.4) is 0 Å². The van der Waals surface area contributed by atoms with Crippen molar-refractivity contribution in [3.63, 3.8) is 0 Å². The number of pyridine rings is 1. The van der Waals surface area contributed by atoms with Crippen molar-refractivity contribution in [2.24, 2.45) is 0 Å². The lowest BCUT2D eigenvalue weighted by Crippen LogP contribution is -2.01. The van der Waals surface area contributed by atoms with Crippen LogP contribution in [0.5, 0.6) is 0 Å². The molecule has 12 aromatic rings. The highest BCUT2D eigenvalue weighted by atomic mass is 15.1. The minimum atomic E-state index is 0.608. The molecule has 0 aliphatic carbocycles. The second-order valence-corrected chi connectivity index (χ2v) is 15.1. The van der Waals surface area contributed by atoms with E-state index in [1.165, 1.54) is 21.5 Å². The molecule has 60 heavy (non-hydrogen) atoms. The number of benzene rings is 8. The lowest BCUT2D eigenvalue weighted by atomic mass is 9.98. The van der Waals surface area contributed by atoms with Gasteiger partial charge < -0.3 is 4.57 Å². The number of hydrogen-bond acceptors (Lipinski definition) is 4. The van der Waals surface area contributed by atoms with Gasteiger partial charge in [0, 0.05) is 49.3 Å². The van der Waals surface area contributed by atoms with Gasteiger partial charge in [0.2, 0.25) is 0 Å². The fourth-order valence-electron chi connectivity index (χ4n) is 8.83. The van der Waals surface area contributed by atoms with E-state index in [2.05, 4.69) is 155 Å². The average Bonchev–Trinajstić information content (AvgIpc) is 3.85. The Balaban J connectivity index is 1.11. The Kier molecular flexibility index (Phi) is 7.74. The maximum Gasteiger partial charge on any atom is 0.164 e. The van der Waals surface area contributed by atoms with Gasteiger partial charge in [-0.3, -0.25) is 4.57 Å². The topological polar surface area (TPSA) is 61.4 Å². The van der Waals surface area contributed by atoms with E-state index in [-0.39, 0.29) is 0 Å². The Bertz CT molecular complexity index is 3440. The molecule has 0 aliphatic rings. The summed E-state index contributed by atoms with van der Waals surface area (Å²) in [6.45, 7) is 0. The maximum atomic E-state index is 5.44. The SMILES string of the molecule is c1ccc(-c2nc(-c3ccccc3)nc(-c3cccc(-c4cc(-n5c6ccccc6c6ccccc65)nc5ccc(-n6c7ccccc7c7ccccc76)cc45)c3)n2)cc1. The predicted octanol–water partition coefficient (Wildman–Crippen LogP) is 13.3. The smallest absolute Gasteiger partial charge is 0.164 e. The van der Waals surface area contributed by atoms with Gasteiger partial charge in [-0.1, -0.05) is 152 Å². The van der Waals surface area contributed by atoms with Gasteiger partial charge in [0.25, 0.3) is 0 Å². The molecule has 12 rings (SSSR count). The van der Waals surface area contributed by atoms with E-state index in [4.69, 9.17) is 19.9 Å². The number of para-hydroxylation sites is 4. The van der Waals surface area contributed by atoms with Gasteiger partial charge >= 0.3 is 0 Å². The quantitative estimate of drug-likeness (QED) is 0.169. The van der Waals surface area contributed by atoms with Crippen LogP contribution in [-0.4, -0.2) is 29.1 Å². The molecule has 0 saturated heterocycles. The molecule has 0 amide bonds. The summed E-state index contributed by atoms with van der Waals surface area (Å²) >= 11 is 0. The molecule has 0 spiro atoms. The van der Waals surface area contributed by atoms with Crippen LogP contribution in [0.15, 0.2) is 206 Å². The molecule has 4 heterocycles. The Morgan fingerprint density at radius 1 is 0.283 bits per heavy atom. The van der Waals surface area contributed by atoms with E-state index in [9.17, 15) is 0 Å². The normalized spacial score (nSPS) is 11.7. The first-order valence-corrected chi connectivity index (χ1v) is 20.1. The highest BCUT2D eigenvalue weighted by Gasteiger charge is 2.19. The van der Waals surface area contributed by atoms with Gasteiger partial charge in [-0.25, -0.2) is 19.9 Å². The molecule has 0 radical (unpaired) electrons. The van der Waals surface area contributed by atoms with Crippen LogP contribution in [0.1, 0.15) is 0 Å². The molecule has 0 fully saturated rings.